The van der Waals surface area contributed by atoms with Crippen molar-refractivity contribution >= 4 is 11.6 Å². The summed E-state index contributed by atoms with van der Waals surface area (Å²) >= 11 is 6.07. The molecule has 144 valence electrons. The molecule has 3 aliphatic rings. The third kappa shape index (κ3) is 3.78. The maximum absolute atomic E-state index is 6.22. The molecule has 0 aromatic heterocycles. The van der Waals surface area contributed by atoms with Crippen LogP contribution in [-0.4, -0.2) is 48.9 Å². The Balaban J connectivity index is 1.50. The van der Waals surface area contributed by atoms with Gasteiger partial charge in [-0.15, -0.1) is 0 Å². The Labute approximate surface area is 158 Å². The van der Waals surface area contributed by atoms with Gasteiger partial charge in [-0.25, -0.2) is 0 Å². The highest BCUT2D eigenvalue weighted by Crippen LogP contribution is 2.42. The van der Waals surface area contributed by atoms with Gasteiger partial charge in [0.25, 0.3) is 0 Å². The number of rotatable bonds is 4. The standard InChI is InChI=1S/C19H25ClO6/c1-18(2)22-10-13(24-18)14-15(16-17(23-14)26-19(3,4)25-16)21-9-11-6-5-7-12(20)8-11/h5-8,13-17H,9-10H2,1-4H3/t13-,14-,15+,16-,17-/m1/s1. The van der Waals surface area contributed by atoms with Gasteiger partial charge in [-0.2, -0.15) is 0 Å². The van der Waals surface area contributed by atoms with Crippen LogP contribution in [0.25, 0.3) is 0 Å². The molecule has 6 nitrogen and oxygen atoms in total. The second-order valence-corrected chi connectivity index (χ2v) is 8.28. The van der Waals surface area contributed by atoms with Crippen molar-refractivity contribution in [3.05, 3.63) is 34.9 Å². The van der Waals surface area contributed by atoms with E-state index in [4.69, 9.17) is 40.0 Å². The van der Waals surface area contributed by atoms with Crippen LogP contribution < -0.4 is 0 Å². The van der Waals surface area contributed by atoms with Crippen molar-refractivity contribution in [3.8, 4) is 0 Å². The second-order valence-electron chi connectivity index (χ2n) is 7.84. The quantitative estimate of drug-likeness (QED) is 0.794. The highest BCUT2D eigenvalue weighted by molar-refractivity contribution is 6.30. The van der Waals surface area contributed by atoms with E-state index in [1.807, 2.05) is 52.0 Å². The van der Waals surface area contributed by atoms with E-state index in [0.29, 0.717) is 18.2 Å². The summed E-state index contributed by atoms with van der Waals surface area (Å²) in [6, 6.07) is 7.60. The Morgan fingerprint density at radius 2 is 1.88 bits per heavy atom. The van der Waals surface area contributed by atoms with E-state index >= 15 is 0 Å². The third-order valence-corrected chi connectivity index (χ3v) is 4.99. The summed E-state index contributed by atoms with van der Waals surface area (Å²) < 4.78 is 35.9. The van der Waals surface area contributed by atoms with Crippen molar-refractivity contribution in [3.63, 3.8) is 0 Å². The number of benzene rings is 1. The van der Waals surface area contributed by atoms with Gasteiger partial charge in [0.05, 0.1) is 13.2 Å². The minimum atomic E-state index is -0.704. The number of fused-ring (bicyclic) bond motifs is 1. The minimum Gasteiger partial charge on any atom is -0.368 e. The lowest BCUT2D eigenvalue weighted by molar-refractivity contribution is -0.236. The van der Waals surface area contributed by atoms with E-state index < -0.39 is 17.9 Å². The van der Waals surface area contributed by atoms with Crippen LogP contribution in [0.4, 0.5) is 0 Å². The lowest BCUT2D eigenvalue weighted by Crippen LogP contribution is -2.44. The Hall–Kier alpha value is -0.730. The van der Waals surface area contributed by atoms with Crippen LogP contribution in [0.3, 0.4) is 0 Å². The largest absolute Gasteiger partial charge is 0.368 e. The molecule has 3 fully saturated rings. The average Bonchev–Trinajstić information content (AvgIpc) is 3.14. The molecule has 0 amide bonds. The van der Waals surface area contributed by atoms with Crippen LogP contribution in [0.5, 0.6) is 0 Å². The average molecular weight is 385 g/mol. The molecule has 3 heterocycles. The molecule has 0 bridgehead atoms. The first-order valence-electron chi connectivity index (χ1n) is 8.91. The van der Waals surface area contributed by atoms with Gasteiger partial charge in [0.15, 0.2) is 17.9 Å². The van der Waals surface area contributed by atoms with Crippen LogP contribution in [-0.2, 0) is 35.0 Å². The molecule has 0 radical (unpaired) electrons. The van der Waals surface area contributed by atoms with E-state index in [-0.39, 0.29) is 24.4 Å². The number of ether oxygens (including phenoxy) is 6. The van der Waals surface area contributed by atoms with Gasteiger partial charge >= 0.3 is 0 Å². The molecule has 7 heteroatoms. The summed E-state index contributed by atoms with van der Waals surface area (Å²) in [4.78, 5) is 0. The summed E-state index contributed by atoms with van der Waals surface area (Å²) in [6.45, 7) is 8.36. The summed E-state index contributed by atoms with van der Waals surface area (Å²) in [6.07, 6.45) is -1.70. The van der Waals surface area contributed by atoms with Gasteiger partial charge in [0, 0.05) is 5.02 Å². The first-order chi connectivity index (χ1) is 12.2. The van der Waals surface area contributed by atoms with Crippen LogP contribution in [0, 0.1) is 0 Å². The Bertz CT molecular complexity index is 663. The zero-order chi connectivity index (χ0) is 18.5. The van der Waals surface area contributed by atoms with Gasteiger partial charge in [-0.1, -0.05) is 23.7 Å². The third-order valence-electron chi connectivity index (χ3n) is 4.76. The summed E-state index contributed by atoms with van der Waals surface area (Å²) in [7, 11) is 0. The SMILES string of the molecule is CC1(C)O[C@H]2O[C@H]([C@H]3COC(C)(C)O3)[C@H](OCc3cccc(Cl)c3)[C@H]2O1. The van der Waals surface area contributed by atoms with Crippen molar-refractivity contribution in [2.75, 3.05) is 6.61 Å². The molecule has 0 aliphatic carbocycles. The lowest BCUT2D eigenvalue weighted by Gasteiger charge is -2.29. The lowest BCUT2D eigenvalue weighted by atomic mass is 10.1. The van der Waals surface area contributed by atoms with Gasteiger partial charge in [-0.3, -0.25) is 0 Å². The molecular formula is C19H25ClO6. The predicted molar refractivity (Wildman–Crippen MR) is 93.6 cm³/mol. The van der Waals surface area contributed by atoms with E-state index in [0.717, 1.165) is 5.56 Å². The van der Waals surface area contributed by atoms with Gasteiger partial charge in [-0.05, 0) is 45.4 Å². The van der Waals surface area contributed by atoms with Crippen LogP contribution in [0.2, 0.25) is 5.02 Å². The first kappa shape index (κ1) is 18.6. The van der Waals surface area contributed by atoms with Gasteiger partial charge < -0.3 is 28.4 Å². The first-order valence-corrected chi connectivity index (χ1v) is 9.29. The van der Waals surface area contributed by atoms with Crippen molar-refractivity contribution < 1.29 is 28.4 Å². The number of halogens is 1. The molecule has 0 N–H and O–H groups in total. The summed E-state index contributed by atoms with van der Waals surface area (Å²) in [5.41, 5.74) is 0.988. The molecule has 3 saturated heterocycles. The molecule has 0 unspecified atom stereocenters. The van der Waals surface area contributed by atoms with Gasteiger partial charge in [0.1, 0.15) is 24.4 Å². The number of hydrogen-bond acceptors (Lipinski definition) is 6. The van der Waals surface area contributed by atoms with E-state index in [1.54, 1.807) is 0 Å². The normalized spacial score (nSPS) is 37.8. The highest BCUT2D eigenvalue weighted by Gasteiger charge is 2.58. The molecule has 4 rings (SSSR count). The van der Waals surface area contributed by atoms with Crippen LogP contribution in [0.1, 0.15) is 33.3 Å². The maximum Gasteiger partial charge on any atom is 0.190 e. The van der Waals surface area contributed by atoms with E-state index in [1.165, 1.54) is 0 Å². The van der Waals surface area contributed by atoms with Crippen molar-refractivity contribution in [2.45, 2.75) is 76.6 Å². The molecule has 5 atom stereocenters. The second kappa shape index (κ2) is 6.71. The summed E-state index contributed by atoms with van der Waals surface area (Å²) in [5.74, 6) is -1.34. The molecular weight excluding hydrogens is 360 g/mol. The molecule has 3 aliphatic heterocycles. The summed E-state index contributed by atoms with van der Waals surface area (Å²) in [5, 5.41) is 0.680. The monoisotopic (exact) mass is 384 g/mol. The van der Waals surface area contributed by atoms with E-state index in [9.17, 15) is 0 Å². The Morgan fingerprint density at radius 3 is 2.58 bits per heavy atom. The van der Waals surface area contributed by atoms with Crippen LogP contribution in [0.15, 0.2) is 24.3 Å². The Kier molecular flexibility index (Phi) is 4.80. The molecule has 26 heavy (non-hydrogen) atoms. The minimum absolute atomic E-state index is 0.240. The van der Waals surface area contributed by atoms with Crippen molar-refractivity contribution in [1.29, 1.82) is 0 Å². The van der Waals surface area contributed by atoms with Gasteiger partial charge in [0.2, 0.25) is 0 Å². The zero-order valence-corrected chi connectivity index (χ0v) is 16.2. The maximum atomic E-state index is 6.22. The number of hydrogen-bond donors (Lipinski definition) is 0. The topological polar surface area (TPSA) is 55.4 Å². The predicted octanol–water partition coefficient (Wildman–Crippen LogP) is 3.25. The van der Waals surface area contributed by atoms with Crippen molar-refractivity contribution in [2.24, 2.45) is 0 Å². The highest BCUT2D eigenvalue weighted by atomic mass is 35.5. The van der Waals surface area contributed by atoms with E-state index in [2.05, 4.69) is 0 Å². The molecule has 0 saturated carbocycles. The van der Waals surface area contributed by atoms with Crippen molar-refractivity contribution in [1.82, 2.24) is 0 Å². The molecule has 1 aromatic carbocycles. The fourth-order valence-electron chi connectivity index (χ4n) is 3.69. The zero-order valence-electron chi connectivity index (χ0n) is 15.4. The smallest absolute Gasteiger partial charge is 0.190 e. The molecule has 0 spiro atoms. The van der Waals surface area contributed by atoms with Crippen LogP contribution >= 0.6 is 11.6 Å². The fraction of sp³-hybridized carbons (Fsp3) is 0.684. The molecule has 1 aromatic rings. The fourth-order valence-corrected chi connectivity index (χ4v) is 3.90. The Morgan fingerprint density at radius 1 is 1.08 bits per heavy atom.